The van der Waals surface area contributed by atoms with Crippen molar-refractivity contribution in [1.29, 1.82) is 0 Å². The zero-order valence-electron chi connectivity index (χ0n) is 8.46. The molecule has 1 saturated carbocycles. The van der Waals surface area contributed by atoms with Gasteiger partial charge in [0.1, 0.15) is 5.82 Å². The molecule has 1 fully saturated rings. The topological polar surface area (TPSA) is 26.0 Å². The van der Waals surface area contributed by atoms with Gasteiger partial charge in [-0.1, -0.05) is 19.1 Å². The van der Waals surface area contributed by atoms with Crippen molar-refractivity contribution in [3.63, 3.8) is 0 Å². The van der Waals surface area contributed by atoms with E-state index in [4.69, 9.17) is 5.73 Å². The number of hydrogen-bond acceptors (Lipinski definition) is 1. The molecule has 2 N–H and O–H groups in total. The van der Waals surface area contributed by atoms with E-state index in [1.807, 2.05) is 13.0 Å². The molecule has 0 aromatic heterocycles. The molecule has 1 aromatic rings. The van der Waals surface area contributed by atoms with Gasteiger partial charge in [0.25, 0.3) is 0 Å². The highest BCUT2D eigenvalue weighted by molar-refractivity contribution is 5.32. The molecule has 0 radical (unpaired) electrons. The molecule has 0 amide bonds. The smallest absolute Gasteiger partial charge is 0.126 e. The molecule has 1 nitrogen and oxygen atoms in total. The summed E-state index contributed by atoms with van der Waals surface area (Å²) in [6, 6.07) is 5.28. The third kappa shape index (κ3) is 1.67. The van der Waals surface area contributed by atoms with Crippen molar-refractivity contribution >= 4 is 0 Å². The van der Waals surface area contributed by atoms with E-state index in [0.717, 1.165) is 17.5 Å². The molecule has 0 aliphatic heterocycles. The van der Waals surface area contributed by atoms with Gasteiger partial charge < -0.3 is 5.73 Å². The second-order valence-electron chi connectivity index (χ2n) is 4.02. The molecule has 14 heavy (non-hydrogen) atoms. The minimum Gasteiger partial charge on any atom is -0.324 e. The Hall–Kier alpha value is -0.890. The fourth-order valence-electron chi connectivity index (χ4n) is 1.97. The van der Waals surface area contributed by atoms with E-state index in [1.54, 1.807) is 6.07 Å². The number of halogens is 1. The highest BCUT2D eigenvalue weighted by Gasteiger charge is 2.30. The van der Waals surface area contributed by atoms with Crippen molar-refractivity contribution in [2.24, 2.45) is 11.7 Å². The quantitative estimate of drug-likeness (QED) is 0.784. The number of nitrogens with two attached hydrogens (primary N) is 1. The maximum Gasteiger partial charge on any atom is 0.126 e. The summed E-state index contributed by atoms with van der Waals surface area (Å²) in [5.41, 5.74) is 7.89. The lowest BCUT2D eigenvalue weighted by molar-refractivity contribution is 0.583. The Bertz CT molecular complexity index is 331. The predicted octanol–water partition coefficient (Wildman–Crippen LogP) is 2.80. The van der Waals surface area contributed by atoms with E-state index in [1.165, 1.54) is 18.9 Å². The van der Waals surface area contributed by atoms with E-state index in [0.29, 0.717) is 5.92 Å². The van der Waals surface area contributed by atoms with Crippen LogP contribution >= 0.6 is 0 Å². The van der Waals surface area contributed by atoms with Crippen molar-refractivity contribution in [1.82, 2.24) is 0 Å². The first-order valence-corrected chi connectivity index (χ1v) is 5.27. The molecule has 2 heteroatoms. The van der Waals surface area contributed by atoms with Crippen molar-refractivity contribution < 1.29 is 4.39 Å². The van der Waals surface area contributed by atoms with Gasteiger partial charge in [-0.05, 0) is 42.4 Å². The standard InChI is InChI=1S/C12H16FN/c1-2-9-10(4-3-5-11(9)13)12(14)8-6-7-8/h3-5,8,12H,2,6-7,14H2,1H3/t12-/m0/s1. The largest absolute Gasteiger partial charge is 0.324 e. The molecule has 0 bridgehead atoms. The first-order chi connectivity index (χ1) is 6.74. The zero-order valence-corrected chi connectivity index (χ0v) is 8.46. The summed E-state index contributed by atoms with van der Waals surface area (Å²) in [5, 5.41) is 0. The van der Waals surface area contributed by atoms with Gasteiger partial charge in [0.15, 0.2) is 0 Å². The SMILES string of the molecule is CCc1c(F)cccc1[C@@H](N)C1CC1. The van der Waals surface area contributed by atoms with Crippen molar-refractivity contribution in [3.8, 4) is 0 Å². The van der Waals surface area contributed by atoms with E-state index in [-0.39, 0.29) is 11.9 Å². The van der Waals surface area contributed by atoms with E-state index < -0.39 is 0 Å². The summed E-state index contributed by atoms with van der Waals surface area (Å²) in [6.07, 6.45) is 3.12. The van der Waals surface area contributed by atoms with Crippen LogP contribution in [0, 0.1) is 11.7 Å². The average Bonchev–Trinajstić information content (AvgIpc) is 2.99. The van der Waals surface area contributed by atoms with E-state index >= 15 is 0 Å². The molecule has 0 heterocycles. The lowest BCUT2D eigenvalue weighted by Gasteiger charge is -2.15. The number of hydrogen-bond donors (Lipinski definition) is 1. The fourth-order valence-corrected chi connectivity index (χ4v) is 1.97. The van der Waals surface area contributed by atoms with Gasteiger partial charge in [-0.15, -0.1) is 0 Å². The summed E-state index contributed by atoms with van der Waals surface area (Å²) in [7, 11) is 0. The van der Waals surface area contributed by atoms with Crippen LogP contribution in [0.3, 0.4) is 0 Å². The maximum absolute atomic E-state index is 13.4. The Labute approximate surface area is 84.1 Å². The van der Waals surface area contributed by atoms with Crippen molar-refractivity contribution in [3.05, 3.63) is 35.1 Å². The highest BCUT2D eigenvalue weighted by atomic mass is 19.1. The summed E-state index contributed by atoms with van der Waals surface area (Å²) in [5.74, 6) is 0.475. The van der Waals surface area contributed by atoms with E-state index in [9.17, 15) is 4.39 Å². The minimum atomic E-state index is -0.110. The van der Waals surface area contributed by atoms with E-state index in [2.05, 4.69) is 0 Å². The van der Waals surface area contributed by atoms with Crippen LogP contribution in [0.2, 0.25) is 0 Å². The molecule has 0 saturated heterocycles. The summed E-state index contributed by atoms with van der Waals surface area (Å²) in [4.78, 5) is 0. The summed E-state index contributed by atoms with van der Waals surface area (Å²) >= 11 is 0. The second kappa shape index (κ2) is 3.70. The van der Waals surface area contributed by atoms with Gasteiger partial charge in [0, 0.05) is 6.04 Å². The molecule has 0 unspecified atom stereocenters. The summed E-state index contributed by atoms with van der Waals surface area (Å²) < 4.78 is 13.4. The van der Waals surface area contributed by atoms with Crippen molar-refractivity contribution in [2.45, 2.75) is 32.2 Å². The van der Waals surface area contributed by atoms with Gasteiger partial charge in [0.2, 0.25) is 0 Å². The Kier molecular flexibility index (Phi) is 2.55. The fraction of sp³-hybridized carbons (Fsp3) is 0.500. The predicted molar refractivity (Wildman–Crippen MR) is 55.4 cm³/mol. The first kappa shape index (κ1) is 9.66. The Morgan fingerprint density at radius 2 is 2.21 bits per heavy atom. The maximum atomic E-state index is 13.4. The first-order valence-electron chi connectivity index (χ1n) is 5.27. The van der Waals surface area contributed by atoms with Gasteiger partial charge in [-0.3, -0.25) is 0 Å². The molecule has 1 aromatic carbocycles. The van der Waals surface area contributed by atoms with Gasteiger partial charge >= 0.3 is 0 Å². The Morgan fingerprint density at radius 3 is 2.79 bits per heavy atom. The monoisotopic (exact) mass is 193 g/mol. The third-order valence-corrected chi connectivity index (χ3v) is 3.00. The van der Waals surface area contributed by atoms with Crippen molar-refractivity contribution in [2.75, 3.05) is 0 Å². The lowest BCUT2D eigenvalue weighted by atomic mass is 9.96. The number of rotatable bonds is 3. The highest BCUT2D eigenvalue weighted by Crippen LogP contribution is 2.40. The Morgan fingerprint density at radius 1 is 1.50 bits per heavy atom. The van der Waals surface area contributed by atoms with Crippen LogP contribution in [-0.4, -0.2) is 0 Å². The molecule has 76 valence electrons. The second-order valence-corrected chi connectivity index (χ2v) is 4.02. The average molecular weight is 193 g/mol. The van der Waals surface area contributed by atoms with Gasteiger partial charge in [-0.25, -0.2) is 4.39 Å². The van der Waals surface area contributed by atoms with Crippen LogP contribution in [0.4, 0.5) is 4.39 Å². The van der Waals surface area contributed by atoms with Gasteiger partial charge in [-0.2, -0.15) is 0 Å². The Balaban J connectivity index is 2.35. The van der Waals surface area contributed by atoms with Crippen LogP contribution in [0.1, 0.15) is 36.9 Å². The third-order valence-electron chi connectivity index (χ3n) is 3.00. The van der Waals surface area contributed by atoms with Crippen LogP contribution in [-0.2, 0) is 6.42 Å². The van der Waals surface area contributed by atoms with Crippen LogP contribution in [0.15, 0.2) is 18.2 Å². The van der Waals surface area contributed by atoms with Crippen LogP contribution < -0.4 is 5.73 Å². The summed E-state index contributed by atoms with van der Waals surface area (Å²) in [6.45, 7) is 1.97. The molecule has 1 atom stereocenters. The molecule has 1 aliphatic rings. The number of benzene rings is 1. The molecular formula is C12H16FN. The molecular weight excluding hydrogens is 177 g/mol. The molecule has 1 aliphatic carbocycles. The molecule has 2 rings (SSSR count). The van der Waals surface area contributed by atoms with Crippen LogP contribution in [0.5, 0.6) is 0 Å². The van der Waals surface area contributed by atoms with Gasteiger partial charge in [0.05, 0.1) is 0 Å². The zero-order chi connectivity index (χ0) is 10.1. The molecule has 0 spiro atoms. The lowest BCUT2D eigenvalue weighted by Crippen LogP contribution is -2.15. The minimum absolute atomic E-state index is 0.0423. The van der Waals surface area contributed by atoms with Crippen LogP contribution in [0.25, 0.3) is 0 Å². The normalized spacial score (nSPS) is 18.2.